The molecule has 2 aromatic rings. The van der Waals surface area contributed by atoms with Gasteiger partial charge in [0.05, 0.1) is 11.4 Å². The third-order valence-electron chi connectivity index (χ3n) is 3.40. The Morgan fingerprint density at radius 3 is 2.67 bits per heavy atom. The molecule has 0 saturated carbocycles. The monoisotopic (exact) mass is 425 g/mol. The SMILES string of the molecule is O=C1S/C(=C/c2cccc(Br)c2)C(=O)N1Cc1c(F)cccc1Cl. The van der Waals surface area contributed by atoms with Crippen molar-refractivity contribution >= 4 is 56.5 Å². The molecule has 0 radical (unpaired) electrons. The fourth-order valence-electron chi connectivity index (χ4n) is 2.23. The lowest BCUT2D eigenvalue weighted by atomic mass is 10.2. The fourth-order valence-corrected chi connectivity index (χ4v) is 3.70. The van der Waals surface area contributed by atoms with Gasteiger partial charge in [0.25, 0.3) is 11.1 Å². The van der Waals surface area contributed by atoms with Crippen LogP contribution in [-0.4, -0.2) is 16.0 Å². The van der Waals surface area contributed by atoms with Crippen molar-refractivity contribution in [3.8, 4) is 0 Å². The van der Waals surface area contributed by atoms with E-state index in [1.807, 2.05) is 24.3 Å². The van der Waals surface area contributed by atoms with E-state index in [0.717, 1.165) is 26.7 Å². The van der Waals surface area contributed by atoms with Crippen molar-refractivity contribution in [3.63, 3.8) is 0 Å². The fraction of sp³-hybridized carbons (Fsp3) is 0.0588. The molecule has 0 atom stereocenters. The Morgan fingerprint density at radius 2 is 1.96 bits per heavy atom. The Bertz CT molecular complexity index is 851. The zero-order valence-corrected chi connectivity index (χ0v) is 15.3. The predicted molar refractivity (Wildman–Crippen MR) is 97.1 cm³/mol. The van der Waals surface area contributed by atoms with Gasteiger partial charge in [0.2, 0.25) is 0 Å². The van der Waals surface area contributed by atoms with Crippen molar-refractivity contribution in [3.05, 3.63) is 73.8 Å². The van der Waals surface area contributed by atoms with Crippen LogP contribution in [0.5, 0.6) is 0 Å². The first-order valence-corrected chi connectivity index (χ1v) is 8.88. The van der Waals surface area contributed by atoms with Crippen LogP contribution in [0.4, 0.5) is 9.18 Å². The van der Waals surface area contributed by atoms with Gasteiger partial charge < -0.3 is 0 Å². The minimum absolute atomic E-state index is 0.130. The summed E-state index contributed by atoms with van der Waals surface area (Å²) in [5, 5.41) is -0.259. The maximum Gasteiger partial charge on any atom is 0.293 e. The van der Waals surface area contributed by atoms with E-state index in [-0.39, 0.29) is 17.1 Å². The zero-order chi connectivity index (χ0) is 17.3. The zero-order valence-electron chi connectivity index (χ0n) is 12.1. The normalized spacial score (nSPS) is 16.3. The molecule has 3 rings (SSSR count). The highest BCUT2D eigenvalue weighted by Gasteiger charge is 2.35. The Labute approximate surface area is 155 Å². The summed E-state index contributed by atoms with van der Waals surface area (Å²) >= 11 is 10.2. The number of hydrogen-bond donors (Lipinski definition) is 0. The first-order valence-electron chi connectivity index (χ1n) is 6.89. The molecule has 0 aromatic heterocycles. The highest BCUT2D eigenvalue weighted by atomic mass is 79.9. The minimum atomic E-state index is -0.544. The second-order valence-corrected chi connectivity index (χ2v) is 7.34. The smallest absolute Gasteiger partial charge is 0.268 e. The van der Waals surface area contributed by atoms with Gasteiger partial charge in [-0.05, 0) is 47.7 Å². The average molecular weight is 427 g/mol. The molecule has 1 saturated heterocycles. The van der Waals surface area contributed by atoms with Gasteiger partial charge in [-0.1, -0.05) is 45.7 Å². The Hall–Kier alpha value is -1.63. The second-order valence-electron chi connectivity index (χ2n) is 5.02. The summed E-state index contributed by atoms with van der Waals surface area (Å²) in [6, 6.07) is 11.6. The lowest BCUT2D eigenvalue weighted by Crippen LogP contribution is -2.28. The molecule has 0 bridgehead atoms. The third-order valence-corrected chi connectivity index (χ3v) is 5.15. The number of benzene rings is 2. The van der Waals surface area contributed by atoms with Crippen LogP contribution in [0.2, 0.25) is 5.02 Å². The maximum absolute atomic E-state index is 13.9. The van der Waals surface area contributed by atoms with Crippen molar-refractivity contribution < 1.29 is 14.0 Å². The van der Waals surface area contributed by atoms with Gasteiger partial charge in [-0.15, -0.1) is 0 Å². The van der Waals surface area contributed by atoms with Gasteiger partial charge in [-0.25, -0.2) is 4.39 Å². The summed E-state index contributed by atoms with van der Waals surface area (Å²) < 4.78 is 14.8. The molecule has 24 heavy (non-hydrogen) atoms. The van der Waals surface area contributed by atoms with Crippen molar-refractivity contribution in [2.75, 3.05) is 0 Å². The molecule has 1 fully saturated rings. The summed E-state index contributed by atoms with van der Waals surface area (Å²) in [6.07, 6.45) is 1.64. The number of carbonyl (C=O) groups excluding carboxylic acids is 2. The summed E-state index contributed by atoms with van der Waals surface area (Å²) in [5.41, 5.74) is 0.920. The number of carbonyl (C=O) groups is 2. The van der Waals surface area contributed by atoms with Crippen LogP contribution in [0.15, 0.2) is 51.8 Å². The molecule has 3 nitrogen and oxygen atoms in total. The average Bonchev–Trinajstić information content (AvgIpc) is 2.78. The molecule has 0 unspecified atom stereocenters. The van der Waals surface area contributed by atoms with E-state index in [2.05, 4.69) is 15.9 Å². The van der Waals surface area contributed by atoms with E-state index in [4.69, 9.17) is 11.6 Å². The quantitative estimate of drug-likeness (QED) is 0.610. The lowest BCUT2D eigenvalue weighted by molar-refractivity contribution is -0.123. The van der Waals surface area contributed by atoms with E-state index < -0.39 is 17.0 Å². The Balaban J connectivity index is 1.87. The van der Waals surface area contributed by atoms with Crippen molar-refractivity contribution in [2.24, 2.45) is 0 Å². The van der Waals surface area contributed by atoms with Gasteiger partial charge in [0.15, 0.2) is 0 Å². The molecule has 0 spiro atoms. The number of hydrogen-bond acceptors (Lipinski definition) is 3. The maximum atomic E-state index is 13.9. The van der Waals surface area contributed by atoms with Crippen LogP contribution < -0.4 is 0 Å². The van der Waals surface area contributed by atoms with E-state index in [0.29, 0.717) is 4.91 Å². The molecule has 7 heteroatoms. The molecule has 0 aliphatic carbocycles. The first kappa shape index (κ1) is 17.2. The molecule has 2 aromatic carbocycles. The van der Waals surface area contributed by atoms with Gasteiger partial charge in [-0.3, -0.25) is 14.5 Å². The van der Waals surface area contributed by atoms with E-state index in [1.54, 1.807) is 6.08 Å². The van der Waals surface area contributed by atoms with E-state index in [9.17, 15) is 14.0 Å². The van der Waals surface area contributed by atoms with Gasteiger partial charge in [0, 0.05) is 15.1 Å². The molecule has 1 aliphatic heterocycles. The number of thioether (sulfide) groups is 1. The van der Waals surface area contributed by atoms with Crippen molar-refractivity contribution in [2.45, 2.75) is 6.54 Å². The van der Waals surface area contributed by atoms with Gasteiger partial charge >= 0.3 is 0 Å². The standard InChI is InChI=1S/C17H10BrClFNO2S/c18-11-4-1-3-10(7-11)8-15-16(22)21(17(23)24-15)9-12-13(19)5-2-6-14(12)20/h1-8H,9H2/b15-8+. The summed E-state index contributed by atoms with van der Waals surface area (Å²) in [4.78, 5) is 25.9. The largest absolute Gasteiger partial charge is 0.293 e. The summed E-state index contributed by atoms with van der Waals surface area (Å²) in [5.74, 6) is -0.998. The number of rotatable bonds is 3. The lowest BCUT2D eigenvalue weighted by Gasteiger charge is -2.14. The molecule has 122 valence electrons. The topological polar surface area (TPSA) is 37.4 Å². The minimum Gasteiger partial charge on any atom is -0.268 e. The van der Waals surface area contributed by atoms with Crippen LogP contribution in [-0.2, 0) is 11.3 Å². The number of halogens is 3. The molecule has 2 amide bonds. The highest BCUT2D eigenvalue weighted by Crippen LogP contribution is 2.34. The third kappa shape index (κ3) is 3.55. The van der Waals surface area contributed by atoms with E-state index >= 15 is 0 Å². The molecular weight excluding hydrogens is 417 g/mol. The summed E-state index contributed by atoms with van der Waals surface area (Å²) in [7, 11) is 0. The van der Waals surface area contributed by atoms with Crippen LogP contribution in [0.1, 0.15) is 11.1 Å². The highest BCUT2D eigenvalue weighted by molar-refractivity contribution is 9.10. The predicted octanol–water partition coefficient (Wildman–Crippen LogP) is 5.48. The molecule has 1 aliphatic rings. The van der Waals surface area contributed by atoms with Crippen LogP contribution in [0.25, 0.3) is 6.08 Å². The second kappa shape index (κ2) is 7.09. The van der Waals surface area contributed by atoms with Crippen LogP contribution in [0.3, 0.4) is 0 Å². The summed E-state index contributed by atoms with van der Waals surface area (Å²) in [6.45, 7) is -0.188. The van der Waals surface area contributed by atoms with Crippen molar-refractivity contribution in [1.82, 2.24) is 4.90 Å². The van der Waals surface area contributed by atoms with E-state index in [1.165, 1.54) is 18.2 Å². The van der Waals surface area contributed by atoms with Crippen molar-refractivity contribution in [1.29, 1.82) is 0 Å². The molecule has 1 heterocycles. The number of imide groups is 1. The van der Waals surface area contributed by atoms with Gasteiger partial charge in [-0.2, -0.15) is 0 Å². The number of nitrogens with zero attached hydrogens (tertiary/aromatic N) is 1. The van der Waals surface area contributed by atoms with Gasteiger partial charge in [0.1, 0.15) is 5.82 Å². The molecular formula is C17H10BrClFNO2S. The number of amides is 2. The van der Waals surface area contributed by atoms with Crippen LogP contribution in [0, 0.1) is 5.82 Å². The Kier molecular flexibility index (Phi) is 5.08. The Morgan fingerprint density at radius 1 is 1.21 bits per heavy atom. The molecule has 0 N–H and O–H groups in total. The van der Waals surface area contributed by atoms with Crippen LogP contribution >= 0.6 is 39.3 Å². The first-order chi connectivity index (χ1) is 11.5.